The van der Waals surface area contributed by atoms with Crippen molar-refractivity contribution in [2.24, 2.45) is 0 Å². The van der Waals surface area contributed by atoms with Crippen LogP contribution >= 0.6 is 0 Å². The lowest BCUT2D eigenvalue weighted by Crippen LogP contribution is -2.27. The minimum absolute atomic E-state index is 0.0873. The summed E-state index contributed by atoms with van der Waals surface area (Å²) in [6.07, 6.45) is 5.17. The van der Waals surface area contributed by atoms with E-state index in [0.717, 1.165) is 33.5 Å². The summed E-state index contributed by atoms with van der Waals surface area (Å²) in [6, 6.07) is 18.7. The van der Waals surface area contributed by atoms with Gasteiger partial charge in [0.1, 0.15) is 5.82 Å². The molecule has 0 radical (unpaired) electrons. The molecule has 2 aromatic carbocycles. The van der Waals surface area contributed by atoms with E-state index in [-0.39, 0.29) is 18.6 Å². The van der Waals surface area contributed by atoms with E-state index in [2.05, 4.69) is 20.3 Å². The quantitative estimate of drug-likeness (QED) is 0.476. The van der Waals surface area contributed by atoms with Crippen LogP contribution in [-0.2, 0) is 6.61 Å². The molecule has 0 spiro atoms. The molecule has 2 N–H and O–H groups in total. The van der Waals surface area contributed by atoms with E-state index < -0.39 is 0 Å². The molecule has 160 valence electrons. The van der Waals surface area contributed by atoms with Gasteiger partial charge in [-0.1, -0.05) is 30.3 Å². The Labute approximate surface area is 187 Å². The van der Waals surface area contributed by atoms with E-state index in [9.17, 15) is 9.90 Å². The first-order valence-corrected chi connectivity index (χ1v) is 10.4. The lowest BCUT2D eigenvalue weighted by atomic mass is 9.94. The van der Waals surface area contributed by atoms with Crippen LogP contribution in [0.15, 0.2) is 79.3 Å². The van der Waals surface area contributed by atoms with Gasteiger partial charge in [-0.2, -0.15) is 0 Å². The van der Waals surface area contributed by atoms with Crippen LogP contribution in [0.25, 0.3) is 22.4 Å². The zero-order valence-corrected chi connectivity index (χ0v) is 18.0. The standard InChI is InChI=1S/C26H24N4O2/c1-17(23-14-28-18(2)29-15-23)30-26(32)22-12-20(24-8-4-3-7-19(24)16-31)11-21(13-22)25-9-5-6-10-27-25/h3-15,17,31H,16H2,1-2H3,(H,30,32)/t17-/m1/s1. The minimum atomic E-state index is -0.255. The predicted molar refractivity (Wildman–Crippen MR) is 124 cm³/mol. The summed E-state index contributed by atoms with van der Waals surface area (Å²) in [7, 11) is 0. The molecule has 0 saturated carbocycles. The number of benzene rings is 2. The van der Waals surface area contributed by atoms with Crippen molar-refractivity contribution < 1.29 is 9.90 Å². The summed E-state index contributed by atoms with van der Waals surface area (Å²) in [5.74, 6) is 0.473. The van der Waals surface area contributed by atoms with E-state index in [1.54, 1.807) is 18.6 Å². The maximum absolute atomic E-state index is 13.2. The maximum Gasteiger partial charge on any atom is 0.251 e. The number of aryl methyl sites for hydroxylation is 1. The van der Waals surface area contributed by atoms with Crippen LogP contribution in [0.1, 0.15) is 40.3 Å². The summed E-state index contributed by atoms with van der Waals surface area (Å²) >= 11 is 0. The van der Waals surface area contributed by atoms with Crippen molar-refractivity contribution in [3.05, 3.63) is 102 Å². The number of nitrogens with one attached hydrogen (secondary N) is 1. The first-order chi connectivity index (χ1) is 15.5. The van der Waals surface area contributed by atoms with Gasteiger partial charge in [0.2, 0.25) is 0 Å². The molecule has 4 rings (SSSR count). The van der Waals surface area contributed by atoms with Crippen LogP contribution in [0.5, 0.6) is 0 Å². The number of amides is 1. The molecule has 1 atom stereocenters. The highest BCUT2D eigenvalue weighted by Crippen LogP contribution is 2.30. The van der Waals surface area contributed by atoms with Gasteiger partial charge in [-0.05, 0) is 60.9 Å². The van der Waals surface area contributed by atoms with Crippen molar-refractivity contribution in [2.75, 3.05) is 0 Å². The van der Waals surface area contributed by atoms with E-state index >= 15 is 0 Å². The molecule has 0 saturated heterocycles. The van der Waals surface area contributed by atoms with Crippen molar-refractivity contribution in [1.29, 1.82) is 0 Å². The molecular weight excluding hydrogens is 400 g/mol. The molecular formula is C26H24N4O2. The fourth-order valence-electron chi connectivity index (χ4n) is 3.52. The smallest absolute Gasteiger partial charge is 0.251 e. The largest absolute Gasteiger partial charge is 0.392 e. The highest BCUT2D eigenvalue weighted by Gasteiger charge is 2.16. The number of rotatable bonds is 6. The molecule has 6 nitrogen and oxygen atoms in total. The topological polar surface area (TPSA) is 88.0 Å². The van der Waals surface area contributed by atoms with Gasteiger partial charge in [0.15, 0.2) is 0 Å². The Morgan fingerprint density at radius 1 is 0.969 bits per heavy atom. The Bertz CT molecular complexity index is 1220. The van der Waals surface area contributed by atoms with Crippen LogP contribution in [-0.4, -0.2) is 26.0 Å². The lowest BCUT2D eigenvalue weighted by Gasteiger charge is -2.16. The van der Waals surface area contributed by atoms with Gasteiger partial charge in [-0.3, -0.25) is 9.78 Å². The fraction of sp³-hybridized carbons (Fsp3) is 0.154. The zero-order valence-electron chi connectivity index (χ0n) is 18.0. The third-order valence-corrected chi connectivity index (χ3v) is 5.30. The van der Waals surface area contributed by atoms with Crippen LogP contribution in [0.4, 0.5) is 0 Å². The van der Waals surface area contributed by atoms with Gasteiger partial charge in [0.25, 0.3) is 5.91 Å². The molecule has 32 heavy (non-hydrogen) atoms. The second-order valence-corrected chi connectivity index (χ2v) is 7.59. The van der Waals surface area contributed by atoms with E-state index in [4.69, 9.17) is 0 Å². The summed E-state index contributed by atoms with van der Waals surface area (Å²) in [4.78, 5) is 26.1. The van der Waals surface area contributed by atoms with Crippen molar-refractivity contribution >= 4 is 5.91 Å². The van der Waals surface area contributed by atoms with Gasteiger partial charge in [-0.25, -0.2) is 9.97 Å². The number of aromatic nitrogens is 3. The van der Waals surface area contributed by atoms with Gasteiger partial charge in [0, 0.05) is 35.3 Å². The highest BCUT2D eigenvalue weighted by atomic mass is 16.3. The summed E-state index contributed by atoms with van der Waals surface area (Å²) < 4.78 is 0. The molecule has 4 aromatic rings. The number of hydrogen-bond acceptors (Lipinski definition) is 5. The monoisotopic (exact) mass is 424 g/mol. The second kappa shape index (κ2) is 9.49. The first-order valence-electron chi connectivity index (χ1n) is 10.4. The number of carbonyl (C=O) groups is 1. The zero-order chi connectivity index (χ0) is 22.5. The van der Waals surface area contributed by atoms with E-state index in [0.29, 0.717) is 11.4 Å². The molecule has 6 heteroatoms. The van der Waals surface area contributed by atoms with Gasteiger partial charge in [0.05, 0.1) is 18.3 Å². The number of aliphatic hydroxyl groups excluding tert-OH is 1. The van der Waals surface area contributed by atoms with Crippen molar-refractivity contribution in [2.45, 2.75) is 26.5 Å². The maximum atomic E-state index is 13.2. The lowest BCUT2D eigenvalue weighted by molar-refractivity contribution is 0.0940. The third kappa shape index (κ3) is 4.71. The fourth-order valence-corrected chi connectivity index (χ4v) is 3.52. The second-order valence-electron chi connectivity index (χ2n) is 7.59. The molecule has 0 bridgehead atoms. The Morgan fingerprint density at radius 2 is 1.69 bits per heavy atom. The van der Waals surface area contributed by atoms with Crippen LogP contribution < -0.4 is 5.32 Å². The summed E-state index contributed by atoms with van der Waals surface area (Å²) in [5, 5.41) is 12.8. The molecule has 1 amide bonds. The van der Waals surface area contributed by atoms with Gasteiger partial charge < -0.3 is 10.4 Å². The minimum Gasteiger partial charge on any atom is -0.392 e. The predicted octanol–water partition coefficient (Wildman–Crippen LogP) is 4.50. The van der Waals surface area contributed by atoms with Gasteiger partial charge in [-0.15, -0.1) is 0 Å². The van der Waals surface area contributed by atoms with Crippen molar-refractivity contribution in [3.8, 4) is 22.4 Å². The molecule has 0 aliphatic rings. The van der Waals surface area contributed by atoms with Crippen molar-refractivity contribution in [1.82, 2.24) is 20.3 Å². The molecule has 0 unspecified atom stereocenters. The van der Waals surface area contributed by atoms with Gasteiger partial charge >= 0.3 is 0 Å². The number of carbonyl (C=O) groups excluding carboxylic acids is 1. The first kappa shape index (κ1) is 21.3. The summed E-state index contributed by atoms with van der Waals surface area (Å²) in [5.41, 5.74) is 5.45. The molecule has 0 aliphatic carbocycles. The Morgan fingerprint density at radius 3 is 2.41 bits per heavy atom. The number of hydrogen-bond donors (Lipinski definition) is 2. The van der Waals surface area contributed by atoms with Crippen LogP contribution in [0.3, 0.4) is 0 Å². The highest BCUT2D eigenvalue weighted by molar-refractivity contribution is 5.97. The van der Waals surface area contributed by atoms with E-state index in [1.807, 2.05) is 74.5 Å². The third-order valence-electron chi connectivity index (χ3n) is 5.30. The Balaban J connectivity index is 1.73. The Kier molecular flexibility index (Phi) is 6.33. The van der Waals surface area contributed by atoms with Crippen LogP contribution in [0.2, 0.25) is 0 Å². The average molecular weight is 425 g/mol. The molecule has 2 aromatic heterocycles. The molecule has 0 aliphatic heterocycles. The normalized spacial score (nSPS) is 11.7. The Hall–Kier alpha value is -3.90. The molecule has 2 heterocycles. The SMILES string of the molecule is Cc1ncc([C@@H](C)NC(=O)c2cc(-c3ccccn3)cc(-c3ccccc3CO)c2)cn1. The summed E-state index contributed by atoms with van der Waals surface area (Å²) in [6.45, 7) is 3.63. The number of pyridine rings is 1. The average Bonchev–Trinajstić information content (AvgIpc) is 2.84. The number of aliphatic hydroxyl groups is 1. The number of nitrogens with zero attached hydrogens (tertiary/aromatic N) is 3. The van der Waals surface area contributed by atoms with E-state index in [1.165, 1.54) is 0 Å². The van der Waals surface area contributed by atoms with Crippen LogP contribution in [0, 0.1) is 6.92 Å². The molecule has 0 fully saturated rings. The van der Waals surface area contributed by atoms with Crippen molar-refractivity contribution in [3.63, 3.8) is 0 Å².